The summed E-state index contributed by atoms with van der Waals surface area (Å²) in [6.07, 6.45) is 0.623. The van der Waals surface area contributed by atoms with E-state index in [1.807, 2.05) is 54.6 Å². The van der Waals surface area contributed by atoms with E-state index in [0.29, 0.717) is 12.0 Å². The fourth-order valence-corrected chi connectivity index (χ4v) is 3.36. The maximum Gasteiger partial charge on any atom is 0.224 e. The summed E-state index contributed by atoms with van der Waals surface area (Å²) in [5.74, 6) is -0.389. The number of amides is 1. The van der Waals surface area contributed by atoms with Gasteiger partial charge in [-0.25, -0.2) is 4.39 Å². The molecule has 25 heavy (non-hydrogen) atoms. The third kappa shape index (κ3) is 4.94. The number of aryl methyl sites for hydroxylation is 1. The molecule has 0 fully saturated rings. The van der Waals surface area contributed by atoms with Crippen molar-refractivity contribution in [2.45, 2.75) is 22.6 Å². The molecule has 3 rings (SSSR count). The highest BCUT2D eigenvalue weighted by Crippen LogP contribution is 2.33. The van der Waals surface area contributed by atoms with Gasteiger partial charge < -0.3 is 5.32 Å². The second-order valence-electron chi connectivity index (χ2n) is 5.55. The van der Waals surface area contributed by atoms with E-state index in [1.54, 1.807) is 30.0 Å². The summed E-state index contributed by atoms with van der Waals surface area (Å²) >= 11 is 1.60. The molecule has 0 bridgehead atoms. The smallest absolute Gasteiger partial charge is 0.224 e. The number of anilines is 1. The first-order valence-corrected chi connectivity index (χ1v) is 8.89. The largest absolute Gasteiger partial charge is 0.325 e. The Labute approximate surface area is 151 Å². The van der Waals surface area contributed by atoms with Crippen LogP contribution < -0.4 is 5.32 Å². The van der Waals surface area contributed by atoms with Gasteiger partial charge in [-0.1, -0.05) is 60.3 Å². The molecule has 4 heteroatoms. The molecular weight excluding hydrogens is 333 g/mol. The number of para-hydroxylation sites is 1. The second-order valence-corrected chi connectivity index (χ2v) is 6.67. The van der Waals surface area contributed by atoms with Crippen LogP contribution in [0, 0.1) is 5.82 Å². The van der Waals surface area contributed by atoms with Crippen molar-refractivity contribution in [1.82, 2.24) is 0 Å². The molecule has 1 N–H and O–H groups in total. The number of rotatable bonds is 6. The zero-order chi connectivity index (χ0) is 17.5. The number of hydrogen-bond donors (Lipinski definition) is 1. The lowest BCUT2D eigenvalue weighted by molar-refractivity contribution is -0.116. The molecule has 0 aliphatic heterocycles. The molecule has 0 heterocycles. The van der Waals surface area contributed by atoms with Crippen LogP contribution in [0.3, 0.4) is 0 Å². The first-order chi connectivity index (χ1) is 12.2. The Balaban J connectivity index is 1.64. The summed E-state index contributed by atoms with van der Waals surface area (Å²) < 4.78 is 13.6. The van der Waals surface area contributed by atoms with Crippen LogP contribution in [0.15, 0.2) is 88.7 Å². The molecule has 0 radical (unpaired) electrons. The van der Waals surface area contributed by atoms with Crippen LogP contribution in [0.4, 0.5) is 10.1 Å². The maximum absolute atomic E-state index is 13.6. The molecule has 0 unspecified atom stereocenters. The Morgan fingerprint density at radius 1 is 0.880 bits per heavy atom. The van der Waals surface area contributed by atoms with Crippen molar-refractivity contribution in [2.75, 3.05) is 5.32 Å². The van der Waals surface area contributed by atoms with Gasteiger partial charge >= 0.3 is 0 Å². The Kier molecular flexibility index (Phi) is 5.86. The third-order valence-electron chi connectivity index (χ3n) is 3.71. The van der Waals surface area contributed by atoms with Crippen molar-refractivity contribution in [1.29, 1.82) is 0 Å². The van der Waals surface area contributed by atoms with Gasteiger partial charge in [0.1, 0.15) is 5.82 Å². The van der Waals surface area contributed by atoms with Gasteiger partial charge in [0.25, 0.3) is 0 Å². The second kappa shape index (κ2) is 8.49. The predicted octanol–water partition coefficient (Wildman–Crippen LogP) is 5.55. The monoisotopic (exact) mass is 351 g/mol. The zero-order valence-electron chi connectivity index (χ0n) is 13.6. The van der Waals surface area contributed by atoms with E-state index in [2.05, 4.69) is 5.32 Å². The van der Waals surface area contributed by atoms with Gasteiger partial charge in [0.2, 0.25) is 5.91 Å². The summed E-state index contributed by atoms with van der Waals surface area (Å²) in [5, 5.41) is 2.94. The Morgan fingerprint density at radius 2 is 1.56 bits per heavy atom. The van der Waals surface area contributed by atoms with E-state index in [9.17, 15) is 9.18 Å². The molecule has 0 spiro atoms. The van der Waals surface area contributed by atoms with E-state index in [1.165, 1.54) is 6.07 Å². The van der Waals surface area contributed by atoms with Crippen molar-refractivity contribution >= 4 is 23.4 Å². The number of halogens is 1. The predicted molar refractivity (Wildman–Crippen MR) is 100 cm³/mol. The highest BCUT2D eigenvalue weighted by Gasteiger charge is 2.09. The number of benzene rings is 3. The van der Waals surface area contributed by atoms with Crippen molar-refractivity contribution < 1.29 is 9.18 Å². The molecule has 0 atom stereocenters. The molecule has 126 valence electrons. The Hall–Kier alpha value is -2.59. The van der Waals surface area contributed by atoms with Crippen LogP contribution in [-0.4, -0.2) is 5.91 Å². The van der Waals surface area contributed by atoms with Crippen LogP contribution in [0.2, 0.25) is 0 Å². The maximum atomic E-state index is 13.6. The lowest BCUT2D eigenvalue weighted by Gasteiger charge is -2.11. The molecule has 3 aromatic carbocycles. The minimum absolute atomic E-state index is 0.121. The number of nitrogens with one attached hydrogen (secondary N) is 1. The number of carbonyl (C=O) groups is 1. The highest BCUT2D eigenvalue weighted by atomic mass is 32.2. The SMILES string of the molecule is O=C(CCc1ccccc1F)Nc1ccccc1Sc1ccccc1. The first-order valence-electron chi connectivity index (χ1n) is 8.07. The Morgan fingerprint density at radius 3 is 2.36 bits per heavy atom. The van der Waals surface area contributed by atoms with E-state index in [4.69, 9.17) is 0 Å². The molecule has 3 aromatic rings. The molecule has 0 aromatic heterocycles. The Bertz CT molecular complexity index is 851. The minimum atomic E-state index is -0.268. The van der Waals surface area contributed by atoms with Gasteiger partial charge in [0.15, 0.2) is 0 Å². The fourth-order valence-electron chi connectivity index (χ4n) is 2.44. The molecular formula is C21H18FNOS. The van der Waals surface area contributed by atoms with E-state index in [-0.39, 0.29) is 18.1 Å². The molecule has 1 amide bonds. The normalized spacial score (nSPS) is 10.4. The number of hydrogen-bond acceptors (Lipinski definition) is 2. The average Bonchev–Trinajstić information content (AvgIpc) is 2.64. The van der Waals surface area contributed by atoms with Gasteiger partial charge in [0.05, 0.1) is 5.69 Å². The van der Waals surface area contributed by atoms with Crippen molar-refractivity contribution in [3.05, 3.63) is 90.2 Å². The van der Waals surface area contributed by atoms with Gasteiger partial charge in [0, 0.05) is 16.2 Å². The van der Waals surface area contributed by atoms with Crippen LogP contribution in [0.25, 0.3) is 0 Å². The van der Waals surface area contributed by atoms with Gasteiger partial charge in [-0.15, -0.1) is 0 Å². The summed E-state index contributed by atoms with van der Waals surface area (Å²) in [7, 11) is 0. The molecule has 2 nitrogen and oxygen atoms in total. The number of carbonyl (C=O) groups excluding carboxylic acids is 1. The van der Waals surface area contributed by atoms with Gasteiger partial charge in [-0.3, -0.25) is 4.79 Å². The van der Waals surface area contributed by atoms with Crippen molar-refractivity contribution in [2.24, 2.45) is 0 Å². The molecule has 0 saturated carbocycles. The average molecular weight is 351 g/mol. The summed E-state index contributed by atoms with van der Waals surface area (Å²) in [6, 6.07) is 24.2. The first kappa shape index (κ1) is 17.2. The quantitative estimate of drug-likeness (QED) is 0.631. The van der Waals surface area contributed by atoms with Crippen LogP contribution in [0.1, 0.15) is 12.0 Å². The third-order valence-corrected chi connectivity index (χ3v) is 4.80. The molecule has 0 aliphatic rings. The van der Waals surface area contributed by atoms with Crippen LogP contribution in [-0.2, 0) is 11.2 Å². The molecule has 0 saturated heterocycles. The lowest BCUT2D eigenvalue weighted by atomic mass is 10.1. The van der Waals surface area contributed by atoms with Crippen LogP contribution in [0.5, 0.6) is 0 Å². The summed E-state index contributed by atoms with van der Waals surface area (Å²) in [6.45, 7) is 0. The highest BCUT2D eigenvalue weighted by molar-refractivity contribution is 7.99. The van der Waals surface area contributed by atoms with E-state index >= 15 is 0 Å². The van der Waals surface area contributed by atoms with Crippen molar-refractivity contribution in [3.8, 4) is 0 Å². The topological polar surface area (TPSA) is 29.1 Å². The zero-order valence-corrected chi connectivity index (χ0v) is 14.4. The van der Waals surface area contributed by atoms with Gasteiger partial charge in [-0.2, -0.15) is 0 Å². The van der Waals surface area contributed by atoms with E-state index < -0.39 is 0 Å². The standard InChI is InChI=1S/C21H18FNOS/c22-18-11-5-4-8-16(18)14-15-21(24)23-19-12-6-7-13-20(19)25-17-9-2-1-3-10-17/h1-13H,14-15H2,(H,23,24). The van der Waals surface area contributed by atoms with Crippen LogP contribution >= 0.6 is 11.8 Å². The lowest BCUT2D eigenvalue weighted by Crippen LogP contribution is -2.13. The summed E-state index contributed by atoms with van der Waals surface area (Å²) in [4.78, 5) is 14.3. The minimum Gasteiger partial charge on any atom is -0.325 e. The summed E-state index contributed by atoms with van der Waals surface area (Å²) in [5.41, 5.74) is 1.33. The van der Waals surface area contributed by atoms with Gasteiger partial charge in [-0.05, 0) is 42.3 Å². The van der Waals surface area contributed by atoms with Crippen molar-refractivity contribution in [3.63, 3.8) is 0 Å². The molecule has 0 aliphatic carbocycles. The van der Waals surface area contributed by atoms with E-state index in [0.717, 1.165) is 15.5 Å². The fraction of sp³-hybridized carbons (Fsp3) is 0.0952.